The molecule has 3 rings (SSSR count). The van der Waals surface area contributed by atoms with Crippen molar-refractivity contribution in [1.29, 1.82) is 0 Å². The number of para-hydroxylation sites is 1. The van der Waals surface area contributed by atoms with Gasteiger partial charge in [0, 0.05) is 25.7 Å². The van der Waals surface area contributed by atoms with Crippen LogP contribution in [0.2, 0.25) is 0 Å². The average molecular weight is 549 g/mol. The quantitative estimate of drug-likeness (QED) is 0.306. The summed E-state index contributed by atoms with van der Waals surface area (Å²) in [4.78, 5) is 30.9. The Morgan fingerprint density at radius 2 is 1.92 bits per heavy atom. The summed E-state index contributed by atoms with van der Waals surface area (Å²) >= 11 is 0. The maximum absolute atomic E-state index is 13.7. The first-order valence-corrected chi connectivity index (χ1v) is 12.8. The number of aromatic nitrogens is 1. The highest BCUT2D eigenvalue weighted by Gasteiger charge is 2.41. The van der Waals surface area contributed by atoms with Crippen LogP contribution < -0.4 is 15.4 Å². The van der Waals surface area contributed by atoms with E-state index in [-0.39, 0.29) is 43.6 Å². The molecule has 8 nitrogen and oxygen atoms in total. The predicted molar refractivity (Wildman–Crippen MR) is 142 cm³/mol. The smallest absolute Gasteiger partial charge is 0.395 e. The lowest BCUT2D eigenvalue weighted by Crippen LogP contribution is -2.52. The van der Waals surface area contributed by atoms with Crippen molar-refractivity contribution in [2.24, 2.45) is 5.92 Å². The topological polar surface area (TPSA) is 95.7 Å². The summed E-state index contributed by atoms with van der Waals surface area (Å²) in [6.45, 7) is 5.61. The van der Waals surface area contributed by atoms with Gasteiger partial charge < -0.3 is 30.0 Å². The Morgan fingerprint density at radius 1 is 1.18 bits per heavy atom. The normalized spacial score (nSPS) is 17.4. The van der Waals surface area contributed by atoms with Crippen molar-refractivity contribution in [2.75, 3.05) is 25.1 Å². The van der Waals surface area contributed by atoms with Gasteiger partial charge in [-0.15, -0.1) is 0 Å². The standard InChI is InChI=1S/C28H35F3N4O4/c1-4-35(19-34-24-11-8-17-32-24)26(37)27(3,39-23-14-12-21(13-15-23)28(29,30)31)16-18-33-25(36)20(2)38-22-9-6-5-7-10-22/h5-12,14-15,17,20-21,32,34H,4,13,16,18-19H2,1-3H3,(H,33,36). The van der Waals surface area contributed by atoms with Gasteiger partial charge in [0.15, 0.2) is 11.7 Å². The van der Waals surface area contributed by atoms with Crippen LogP contribution in [0.1, 0.15) is 33.6 Å². The van der Waals surface area contributed by atoms with E-state index >= 15 is 0 Å². The van der Waals surface area contributed by atoms with Crippen LogP contribution >= 0.6 is 0 Å². The third-order valence-corrected chi connectivity index (χ3v) is 6.34. The van der Waals surface area contributed by atoms with E-state index in [2.05, 4.69) is 15.6 Å². The van der Waals surface area contributed by atoms with E-state index in [0.29, 0.717) is 12.3 Å². The number of hydrogen-bond acceptors (Lipinski definition) is 5. The number of alkyl halides is 3. The van der Waals surface area contributed by atoms with Gasteiger partial charge in [-0.05, 0) is 63.6 Å². The average Bonchev–Trinajstić information content (AvgIpc) is 3.43. The van der Waals surface area contributed by atoms with Crippen LogP contribution in [0, 0.1) is 5.92 Å². The third kappa shape index (κ3) is 8.56. The van der Waals surface area contributed by atoms with Gasteiger partial charge in [0.1, 0.15) is 17.3 Å². The molecule has 0 saturated carbocycles. The molecule has 3 N–H and O–H groups in total. The zero-order chi connectivity index (χ0) is 28.5. The lowest BCUT2D eigenvalue weighted by atomic mass is 9.97. The molecule has 11 heteroatoms. The monoisotopic (exact) mass is 548 g/mol. The molecule has 0 spiro atoms. The Labute approximate surface area is 226 Å². The van der Waals surface area contributed by atoms with Crippen molar-refractivity contribution in [3.8, 4) is 5.75 Å². The zero-order valence-corrected chi connectivity index (χ0v) is 22.3. The molecule has 1 aliphatic carbocycles. The lowest BCUT2D eigenvalue weighted by Gasteiger charge is -2.35. The van der Waals surface area contributed by atoms with E-state index in [0.717, 1.165) is 11.9 Å². The molecule has 2 aromatic rings. The molecular weight excluding hydrogens is 513 g/mol. The first-order chi connectivity index (χ1) is 18.5. The molecule has 0 saturated heterocycles. The Kier molecular flexibility index (Phi) is 10.1. The number of anilines is 1. The van der Waals surface area contributed by atoms with Gasteiger partial charge >= 0.3 is 6.18 Å². The molecule has 0 bridgehead atoms. The van der Waals surface area contributed by atoms with Crippen LogP contribution in [0.15, 0.2) is 72.6 Å². The SMILES string of the molecule is CCN(CNc1ccc[nH]1)C(=O)C(C)(CCNC(=O)C(C)Oc1ccccc1)OC1=CCC(C(F)(F)F)C=C1. The number of benzene rings is 1. The van der Waals surface area contributed by atoms with E-state index in [4.69, 9.17) is 9.47 Å². The number of likely N-dealkylation sites (N-methyl/N-ethyl adjacent to an activating group) is 1. The van der Waals surface area contributed by atoms with Crippen molar-refractivity contribution in [2.45, 2.75) is 51.5 Å². The number of amides is 2. The van der Waals surface area contributed by atoms with Gasteiger partial charge in [-0.3, -0.25) is 9.59 Å². The molecule has 1 aliphatic rings. The maximum Gasteiger partial charge on any atom is 0.395 e. The van der Waals surface area contributed by atoms with Crippen LogP contribution in [-0.4, -0.2) is 59.3 Å². The van der Waals surface area contributed by atoms with Crippen LogP contribution in [-0.2, 0) is 14.3 Å². The highest BCUT2D eigenvalue weighted by molar-refractivity contribution is 5.85. The number of H-pyrrole nitrogens is 1. The van der Waals surface area contributed by atoms with E-state index in [1.165, 1.54) is 17.1 Å². The summed E-state index contributed by atoms with van der Waals surface area (Å²) in [5.74, 6) is -0.913. The Morgan fingerprint density at radius 3 is 2.51 bits per heavy atom. The molecule has 1 aromatic heterocycles. The number of nitrogens with zero attached hydrogens (tertiary/aromatic N) is 1. The predicted octanol–water partition coefficient (Wildman–Crippen LogP) is 5.00. The van der Waals surface area contributed by atoms with E-state index < -0.39 is 23.8 Å². The van der Waals surface area contributed by atoms with Crippen molar-refractivity contribution in [3.05, 3.63) is 72.6 Å². The molecule has 3 unspecified atom stereocenters. The summed E-state index contributed by atoms with van der Waals surface area (Å²) in [5, 5.41) is 5.89. The van der Waals surface area contributed by atoms with Gasteiger partial charge in [-0.1, -0.05) is 24.3 Å². The molecule has 1 aromatic carbocycles. The fraction of sp³-hybridized carbons (Fsp3) is 0.429. The fourth-order valence-corrected chi connectivity index (χ4v) is 3.99. The minimum absolute atomic E-state index is 0.0719. The molecule has 3 atom stereocenters. The van der Waals surface area contributed by atoms with Crippen molar-refractivity contribution in [1.82, 2.24) is 15.2 Å². The molecule has 212 valence electrons. The summed E-state index contributed by atoms with van der Waals surface area (Å²) in [6.07, 6.45) is 0.0163. The molecule has 0 fully saturated rings. The number of allylic oxidation sites excluding steroid dienone is 3. The van der Waals surface area contributed by atoms with Gasteiger partial charge in [-0.25, -0.2) is 0 Å². The second-order valence-electron chi connectivity index (χ2n) is 9.38. The van der Waals surface area contributed by atoms with E-state index in [9.17, 15) is 22.8 Å². The number of carbonyl (C=O) groups excluding carboxylic acids is 2. The van der Waals surface area contributed by atoms with Gasteiger partial charge in [0.25, 0.3) is 11.8 Å². The summed E-state index contributed by atoms with van der Waals surface area (Å²) < 4.78 is 51.0. The third-order valence-electron chi connectivity index (χ3n) is 6.34. The van der Waals surface area contributed by atoms with Gasteiger partial charge in [0.05, 0.1) is 12.6 Å². The minimum atomic E-state index is -4.36. The van der Waals surface area contributed by atoms with Gasteiger partial charge in [0.2, 0.25) is 0 Å². The van der Waals surface area contributed by atoms with Crippen LogP contribution in [0.25, 0.3) is 0 Å². The molecule has 0 radical (unpaired) electrons. The maximum atomic E-state index is 13.7. The number of aromatic amines is 1. The van der Waals surface area contributed by atoms with Crippen LogP contribution in [0.3, 0.4) is 0 Å². The van der Waals surface area contributed by atoms with Crippen LogP contribution in [0.4, 0.5) is 19.0 Å². The second-order valence-corrected chi connectivity index (χ2v) is 9.38. The van der Waals surface area contributed by atoms with Crippen molar-refractivity contribution < 1.29 is 32.2 Å². The molecular formula is C28H35F3N4O4. The lowest BCUT2D eigenvalue weighted by molar-refractivity contribution is -0.161. The molecule has 0 aliphatic heterocycles. The molecule has 2 amide bonds. The fourth-order valence-electron chi connectivity index (χ4n) is 3.99. The number of hydrogen-bond donors (Lipinski definition) is 3. The Bertz CT molecular complexity index is 1140. The number of halogens is 3. The van der Waals surface area contributed by atoms with E-state index in [1.807, 2.05) is 25.1 Å². The Hall–Kier alpha value is -3.89. The number of rotatable bonds is 13. The van der Waals surface area contributed by atoms with Crippen molar-refractivity contribution in [3.63, 3.8) is 0 Å². The zero-order valence-electron chi connectivity index (χ0n) is 22.3. The second kappa shape index (κ2) is 13.3. The minimum Gasteiger partial charge on any atom is -0.481 e. The number of nitrogens with one attached hydrogen (secondary N) is 3. The molecule has 1 heterocycles. The summed E-state index contributed by atoms with van der Waals surface area (Å²) in [6, 6.07) is 12.5. The highest BCUT2D eigenvalue weighted by Crippen LogP contribution is 2.34. The molecule has 39 heavy (non-hydrogen) atoms. The summed E-state index contributed by atoms with van der Waals surface area (Å²) in [7, 11) is 0. The summed E-state index contributed by atoms with van der Waals surface area (Å²) in [5.41, 5.74) is -1.47. The van der Waals surface area contributed by atoms with Crippen LogP contribution in [0.5, 0.6) is 5.75 Å². The number of carbonyl (C=O) groups is 2. The largest absolute Gasteiger partial charge is 0.481 e. The number of ether oxygens (including phenoxy) is 2. The first kappa shape index (κ1) is 29.7. The van der Waals surface area contributed by atoms with Crippen molar-refractivity contribution >= 4 is 17.6 Å². The first-order valence-electron chi connectivity index (χ1n) is 12.8. The highest BCUT2D eigenvalue weighted by atomic mass is 19.4. The van der Waals surface area contributed by atoms with Gasteiger partial charge in [-0.2, -0.15) is 13.2 Å². The van der Waals surface area contributed by atoms with E-state index in [1.54, 1.807) is 44.3 Å². The Balaban J connectivity index is 1.68.